The van der Waals surface area contributed by atoms with Crippen molar-refractivity contribution in [1.29, 1.82) is 0 Å². The first-order chi connectivity index (χ1) is 14.8. The molecule has 1 aliphatic heterocycles. The topological polar surface area (TPSA) is 85.2 Å². The van der Waals surface area contributed by atoms with Gasteiger partial charge in [0, 0.05) is 42.7 Å². The molecule has 8 nitrogen and oxygen atoms in total. The predicted molar refractivity (Wildman–Crippen MR) is 113 cm³/mol. The van der Waals surface area contributed by atoms with Gasteiger partial charge in [0.2, 0.25) is 11.9 Å². The Morgan fingerprint density at radius 1 is 1.07 bits per heavy atom. The Kier molecular flexibility index (Phi) is 5.31. The average molecular weight is 406 g/mol. The van der Waals surface area contributed by atoms with Gasteiger partial charge in [-0.25, -0.2) is 9.67 Å². The van der Waals surface area contributed by atoms with E-state index in [2.05, 4.69) is 20.4 Å². The molecule has 156 valence electrons. The summed E-state index contributed by atoms with van der Waals surface area (Å²) in [5, 5.41) is 9.01. The molecule has 5 rings (SSSR count). The van der Waals surface area contributed by atoms with Crippen molar-refractivity contribution >= 4 is 22.8 Å². The van der Waals surface area contributed by atoms with Gasteiger partial charge in [-0.2, -0.15) is 10.1 Å². The normalized spacial score (nSPS) is 22.2. The fraction of sp³-hybridized carbons (Fsp3) is 0.455. The van der Waals surface area contributed by atoms with E-state index in [1.54, 1.807) is 6.20 Å². The van der Waals surface area contributed by atoms with E-state index in [0.717, 1.165) is 55.5 Å². The first-order valence-corrected chi connectivity index (χ1v) is 10.7. The van der Waals surface area contributed by atoms with Crippen molar-refractivity contribution in [3.63, 3.8) is 0 Å². The third-order valence-corrected chi connectivity index (χ3v) is 6.07. The van der Waals surface area contributed by atoms with Crippen LogP contribution in [0.25, 0.3) is 16.7 Å². The number of nitrogens with zero attached hydrogens (tertiary/aromatic N) is 5. The van der Waals surface area contributed by atoms with Gasteiger partial charge >= 0.3 is 0 Å². The highest BCUT2D eigenvalue weighted by molar-refractivity contribution is 5.80. The molecule has 0 atom stereocenters. The number of carbonyl (C=O) groups excluding carboxylic acids is 1. The van der Waals surface area contributed by atoms with Gasteiger partial charge in [-0.05, 0) is 31.7 Å². The number of hydrogen-bond acceptors (Lipinski definition) is 6. The van der Waals surface area contributed by atoms with Crippen molar-refractivity contribution in [1.82, 2.24) is 24.6 Å². The van der Waals surface area contributed by atoms with E-state index >= 15 is 0 Å². The summed E-state index contributed by atoms with van der Waals surface area (Å²) in [4.78, 5) is 23.8. The quantitative estimate of drug-likeness (QED) is 0.717. The predicted octanol–water partition coefficient (Wildman–Crippen LogP) is 2.65. The molecule has 0 spiro atoms. The molecule has 3 aromatic rings. The molecule has 2 aromatic heterocycles. The van der Waals surface area contributed by atoms with Crippen LogP contribution in [0.15, 0.2) is 42.7 Å². The molecule has 0 radical (unpaired) electrons. The fourth-order valence-electron chi connectivity index (χ4n) is 4.40. The van der Waals surface area contributed by atoms with Gasteiger partial charge in [-0.15, -0.1) is 0 Å². The van der Waals surface area contributed by atoms with E-state index in [1.807, 2.05) is 46.1 Å². The summed E-state index contributed by atoms with van der Waals surface area (Å²) in [5.74, 6) is 1.77. The zero-order chi connectivity index (χ0) is 20.3. The molecule has 1 saturated carbocycles. The number of amides is 1. The van der Waals surface area contributed by atoms with Gasteiger partial charge in [-0.1, -0.05) is 18.2 Å². The molecule has 3 heterocycles. The Morgan fingerprint density at radius 3 is 2.70 bits per heavy atom. The smallest absolute Gasteiger partial charge is 0.225 e. The standard InChI is InChI=1S/C22H26N6O2/c29-21(27-11-13-30-14-12-27)16-5-7-18(8-6-16)25-22-23-10-9-20(26-22)28-19-4-2-1-3-17(19)15-24-28/h1-4,9-10,15-16,18H,5-8,11-14H2,(H,23,25,26)/t16-,18-. The zero-order valence-corrected chi connectivity index (χ0v) is 16.9. The third-order valence-electron chi connectivity index (χ3n) is 6.07. The monoisotopic (exact) mass is 406 g/mol. The number of benzene rings is 1. The van der Waals surface area contributed by atoms with Crippen LogP contribution in [0, 0.1) is 5.92 Å². The number of para-hydroxylation sites is 1. The van der Waals surface area contributed by atoms with Crippen LogP contribution >= 0.6 is 0 Å². The Morgan fingerprint density at radius 2 is 1.87 bits per heavy atom. The number of nitrogens with one attached hydrogen (secondary N) is 1. The molecule has 8 heteroatoms. The van der Waals surface area contributed by atoms with Crippen LogP contribution in [0.3, 0.4) is 0 Å². The SMILES string of the molecule is O=C([C@H]1CC[C@H](Nc2nccc(-n3ncc4ccccc43)n2)CC1)N1CCOCC1. The van der Waals surface area contributed by atoms with E-state index in [4.69, 9.17) is 4.74 Å². The lowest BCUT2D eigenvalue weighted by Crippen LogP contribution is -2.45. The first kappa shape index (κ1) is 19.0. The second kappa shape index (κ2) is 8.39. The van der Waals surface area contributed by atoms with Crippen molar-refractivity contribution in [3.8, 4) is 5.82 Å². The third kappa shape index (κ3) is 3.87. The van der Waals surface area contributed by atoms with Crippen molar-refractivity contribution < 1.29 is 9.53 Å². The number of hydrogen-bond donors (Lipinski definition) is 1. The summed E-state index contributed by atoms with van der Waals surface area (Å²) in [6.45, 7) is 2.75. The second-order valence-electron chi connectivity index (χ2n) is 7.98. The molecule has 2 fully saturated rings. The molecule has 30 heavy (non-hydrogen) atoms. The Balaban J connectivity index is 1.22. The number of fused-ring (bicyclic) bond motifs is 1. The highest BCUT2D eigenvalue weighted by Crippen LogP contribution is 2.28. The van der Waals surface area contributed by atoms with Crippen LogP contribution < -0.4 is 5.32 Å². The van der Waals surface area contributed by atoms with Crippen LogP contribution in [-0.4, -0.2) is 62.9 Å². The number of carbonyl (C=O) groups is 1. The number of aromatic nitrogens is 4. The lowest BCUT2D eigenvalue weighted by molar-refractivity contribution is -0.140. The van der Waals surface area contributed by atoms with Gasteiger partial charge in [0.15, 0.2) is 5.82 Å². The lowest BCUT2D eigenvalue weighted by Gasteiger charge is -2.34. The molecule has 1 amide bonds. The number of ether oxygens (including phenoxy) is 1. The van der Waals surface area contributed by atoms with Gasteiger partial charge in [0.25, 0.3) is 0 Å². The maximum atomic E-state index is 12.7. The van der Waals surface area contributed by atoms with E-state index < -0.39 is 0 Å². The summed E-state index contributed by atoms with van der Waals surface area (Å²) >= 11 is 0. The highest BCUT2D eigenvalue weighted by atomic mass is 16.5. The summed E-state index contributed by atoms with van der Waals surface area (Å²) in [5.41, 5.74) is 1.02. The number of morpholine rings is 1. The van der Waals surface area contributed by atoms with Crippen LogP contribution in [0.1, 0.15) is 25.7 Å². The lowest BCUT2D eigenvalue weighted by atomic mass is 9.85. The molecule has 0 unspecified atom stereocenters. The van der Waals surface area contributed by atoms with Crippen molar-refractivity contribution in [3.05, 3.63) is 42.7 Å². The average Bonchev–Trinajstić information content (AvgIpc) is 3.24. The summed E-state index contributed by atoms with van der Waals surface area (Å²) in [6.07, 6.45) is 7.29. The van der Waals surface area contributed by atoms with Crippen LogP contribution in [-0.2, 0) is 9.53 Å². The minimum absolute atomic E-state index is 0.129. The van der Waals surface area contributed by atoms with Gasteiger partial charge in [0.1, 0.15) is 0 Å². The Hall–Kier alpha value is -3.00. The summed E-state index contributed by atoms with van der Waals surface area (Å²) in [6, 6.07) is 10.2. The minimum Gasteiger partial charge on any atom is -0.378 e. The fourth-order valence-corrected chi connectivity index (χ4v) is 4.40. The van der Waals surface area contributed by atoms with Crippen molar-refractivity contribution in [2.45, 2.75) is 31.7 Å². The van der Waals surface area contributed by atoms with Crippen LogP contribution in [0.4, 0.5) is 5.95 Å². The minimum atomic E-state index is 0.129. The van der Waals surface area contributed by atoms with Crippen LogP contribution in [0.2, 0.25) is 0 Å². The Labute approximate surface area is 175 Å². The van der Waals surface area contributed by atoms with E-state index in [-0.39, 0.29) is 12.0 Å². The molecule has 0 bridgehead atoms. The van der Waals surface area contributed by atoms with Gasteiger partial charge < -0.3 is 15.0 Å². The molecule has 1 N–H and O–H groups in total. The molecule has 1 aromatic carbocycles. The van der Waals surface area contributed by atoms with E-state index in [0.29, 0.717) is 25.1 Å². The maximum Gasteiger partial charge on any atom is 0.225 e. The molecular weight excluding hydrogens is 380 g/mol. The summed E-state index contributed by atoms with van der Waals surface area (Å²) in [7, 11) is 0. The maximum absolute atomic E-state index is 12.7. The van der Waals surface area contributed by atoms with Crippen molar-refractivity contribution in [2.75, 3.05) is 31.6 Å². The number of rotatable bonds is 4. The van der Waals surface area contributed by atoms with Crippen molar-refractivity contribution in [2.24, 2.45) is 5.92 Å². The first-order valence-electron chi connectivity index (χ1n) is 10.7. The van der Waals surface area contributed by atoms with E-state index in [9.17, 15) is 4.79 Å². The molecule has 1 aliphatic carbocycles. The van der Waals surface area contributed by atoms with Gasteiger partial charge in [-0.3, -0.25) is 4.79 Å². The van der Waals surface area contributed by atoms with E-state index in [1.165, 1.54) is 0 Å². The summed E-state index contributed by atoms with van der Waals surface area (Å²) < 4.78 is 7.19. The highest BCUT2D eigenvalue weighted by Gasteiger charge is 2.30. The molecule has 1 saturated heterocycles. The largest absolute Gasteiger partial charge is 0.378 e. The van der Waals surface area contributed by atoms with Gasteiger partial charge in [0.05, 0.1) is 24.9 Å². The molecular formula is C22H26N6O2. The second-order valence-corrected chi connectivity index (χ2v) is 7.98. The Bertz CT molecular complexity index is 1020. The zero-order valence-electron chi connectivity index (χ0n) is 16.9. The number of anilines is 1. The van der Waals surface area contributed by atoms with Crippen LogP contribution in [0.5, 0.6) is 0 Å². The molecule has 2 aliphatic rings.